The molecule has 0 aliphatic carbocycles. The van der Waals surface area contributed by atoms with Gasteiger partial charge in [-0.2, -0.15) is 0 Å². The van der Waals surface area contributed by atoms with E-state index in [1.165, 1.54) is 7.11 Å². The zero-order chi connectivity index (χ0) is 16.2. The fraction of sp³-hybridized carbons (Fsp3) is 0.444. The van der Waals surface area contributed by atoms with Crippen molar-refractivity contribution in [2.45, 2.75) is 24.7 Å². The van der Waals surface area contributed by atoms with Gasteiger partial charge in [-0.25, -0.2) is 0 Å². The second-order valence-corrected chi connectivity index (χ2v) is 6.48. The fourth-order valence-electron chi connectivity index (χ4n) is 4.17. The number of hydrogen-bond acceptors (Lipinski definition) is 4. The van der Waals surface area contributed by atoms with Crippen LogP contribution in [-0.4, -0.2) is 42.1 Å². The van der Waals surface area contributed by atoms with Crippen molar-refractivity contribution in [1.82, 2.24) is 4.90 Å². The molecule has 5 nitrogen and oxygen atoms in total. The number of rotatable bonds is 3. The Morgan fingerprint density at radius 2 is 2.13 bits per heavy atom. The van der Waals surface area contributed by atoms with Crippen LogP contribution in [0.5, 0.6) is 0 Å². The molecule has 1 spiro atoms. The van der Waals surface area contributed by atoms with Gasteiger partial charge in [-0.3, -0.25) is 9.59 Å². The maximum absolute atomic E-state index is 13.0. The van der Waals surface area contributed by atoms with Crippen LogP contribution < -0.4 is 0 Å². The van der Waals surface area contributed by atoms with Crippen LogP contribution in [0.3, 0.4) is 0 Å². The van der Waals surface area contributed by atoms with E-state index in [0.29, 0.717) is 6.54 Å². The maximum Gasteiger partial charge on any atom is 0.312 e. The molecule has 4 rings (SSSR count). The van der Waals surface area contributed by atoms with Gasteiger partial charge in [0.2, 0.25) is 5.91 Å². The molecule has 0 aromatic heterocycles. The predicted octanol–water partition coefficient (Wildman–Crippen LogP) is 1.70. The second kappa shape index (κ2) is 4.93. The van der Waals surface area contributed by atoms with Crippen LogP contribution >= 0.6 is 0 Å². The molecule has 1 amide bonds. The number of benzene rings is 1. The molecule has 1 aromatic carbocycles. The summed E-state index contributed by atoms with van der Waals surface area (Å²) in [5, 5.41) is 0. The van der Waals surface area contributed by atoms with E-state index in [1.807, 2.05) is 54.3 Å². The van der Waals surface area contributed by atoms with E-state index in [2.05, 4.69) is 0 Å². The minimum Gasteiger partial charge on any atom is -0.469 e. The van der Waals surface area contributed by atoms with E-state index in [9.17, 15) is 9.59 Å². The number of methoxy groups -OCH3 is 1. The van der Waals surface area contributed by atoms with Crippen molar-refractivity contribution < 1.29 is 19.1 Å². The molecule has 0 unspecified atom stereocenters. The van der Waals surface area contributed by atoms with Crippen molar-refractivity contribution in [1.29, 1.82) is 0 Å². The third kappa shape index (κ3) is 1.89. The third-order valence-corrected chi connectivity index (χ3v) is 5.35. The Kier molecular flexibility index (Phi) is 3.10. The van der Waals surface area contributed by atoms with Crippen LogP contribution in [-0.2, 0) is 19.1 Å². The minimum atomic E-state index is -0.677. The van der Waals surface area contributed by atoms with Crippen LogP contribution in [0.4, 0.5) is 0 Å². The molecule has 2 bridgehead atoms. The number of esters is 1. The van der Waals surface area contributed by atoms with E-state index >= 15 is 0 Å². The summed E-state index contributed by atoms with van der Waals surface area (Å²) < 4.78 is 10.9. The number of carbonyl (C=O) groups excluding carboxylic acids is 2. The first-order valence-corrected chi connectivity index (χ1v) is 7.88. The fourth-order valence-corrected chi connectivity index (χ4v) is 4.17. The van der Waals surface area contributed by atoms with Gasteiger partial charge in [-0.1, -0.05) is 42.5 Å². The van der Waals surface area contributed by atoms with E-state index < -0.39 is 17.4 Å². The Labute approximate surface area is 134 Å². The summed E-state index contributed by atoms with van der Waals surface area (Å²) >= 11 is 0. The minimum absolute atomic E-state index is 0.0244. The molecule has 2 saturated heterocycles. The van der Waals surface area contributed by atoms with Gasteiger partial charge in [0.15, 0.2) is 0 Å². The first kappa shape index (κ1) is 14.5. The predicted molar refractivity (Wildman–Crippen MR) is 82.3 cm³/mol. The van der Waals surface area contributed by atoms with Crippen molar-refractivity contribution in [3.63, 3.8) is 0 Å². The quantitative estimate of drug-likeness (QED) is 0.629. The van der Waals surface area contributed by atoms with E-state index in [4.69, 9.17) is 9.47 Å². The molecule has 120 valence electrons. The summed E-state index contributed by atoms with van der Waals surface area (Å²) in [6, 6.07) is 9.84. The van der Waals surface area contributed by atoms with Crippen molar-refractivity contribution in [2.75, 3.05) is 13.7 Å². The monoisotopic (exact) mass is 313 g/mol. The second-order valence-electron chi connectivity index (χ2n) is 6.48. The number of amides is 1. The number of nitrogens with zero attached hydrogens (tertiary/aromatic N) is 1. The highest BCUT2D eigenvalue weighted by Crippen LogP contribution is 2.53. The highest BCUT2D eigenvalue weighted by Gasteiger charge is 2.67. The molecule has 3 heterocycles. The summed E-state index contributed by atoms with van der Waals surface area (Å²) in [6.45, 7) is 2.49. The lowest BCUT2D eigenvalue weighted by Gasteiger charge is -2.27. The summed E-state index contributed by atoms with van der Waals surface area (Å²) in [4.78, 5) is 27.0. The van der Waals surface area contributed by atoms with Crippen LogP contribution in [0.15, 0.2) is 42.5 Å². The number of likely N-dealkylation sites (tertiary alicyclic amines) is 1. The van der Waals surface area contributed by atoms with Crippen molar-refractivity contribution in [3.05, 3.63) is 48.0 Å². The van der Waals surface area contributed by atoms with Crippen LogP contribution in [0.25, 0.3) is 0 Å². The Hall–Kier alpha value is -2.14. The number of ether oxygens (including phenoxy) is 2. The smallest absolute Gasteiger partial charge is 0.312 e. The Bertz CT molecular complexity index is 686. The van der Waals surface area contributed by atoms with Gasteiger partial charge < -0.3 is 14.4 Å². The highest BCUT2D eigenvalue weighted by atomic mass is 16.5. The Balaban J connectivity index is 1.67. The van der Waals surface area contributed by atoms with E-state index in [0.717, 1.165) is 5.56 Å². The highest BCUT2D eigenvalue weighted by molar-refractivity contribution is 5.91. The van der Waals surface area contributed by atoms with Gasteiger partial charge in [-0.15, -0.1) is 0 Å². The molecule has 2 fully saturated rings. The van der Waals surface area contributed by atoms with Gasteiger partial charge in [0.05, 0.1) is 31.7 Å². The molecule has 0 radical (unpaired) electrons. The number of carbonyl (C=O) groups is 2. The average molecular weight is 313 g/mol. The zero-order valence-corrected chi connectivity index (χ0v) is 13.1. The molecule has 3 aliphatic heterocycles. The SMILES string of the molecule is COC(=O)[C@H]1[C@H]2C(=O)N([C@H](C)c3ccccc3)C[C@@]23C=C[C@H]1O3. The molecular formula is C18H19NO4. The van der Waals surface area contributed by atoms with Crippen LogP contribution in [0.1, 0.15) is 18.5 Å². The first-order chi connectivity index (χ1) is 11.1. The maximum atomic E-state index is 13.0. The van der Waals surface area contributed by atoms with E-state index in [-0.39, 0.29) is 24.0 Å². The molecule has 3 aliphatic rings. The van der Waals surface area contributed by atoms with Crippen molar-refractivity contribution >= 4 is 11.9 Å². The molecular weight excluding hydrogens is 294 g/mol. The number of hydrogen-bond donors (Lipinski definition) is 0. The van der Waals surface area contributed by atoms with Gasteiger partial charge >= 0.3 is 5.97 Å². The molecule has 0 saturated carbocycles. The summed E-state index contributed by atoms with van der Waals surface area (Å²) in [5.74, 6) is -1.40. The lowest BCUT2D eigenvalue weighted by Crippen LogP contribution is -2.39. The van der Waals surface area contributed by atoms with E-state index in [1.54, 1.807) is 0 Å². The normalized spacial score (nSPS) is 35.5. The number of fused-ring (bicyclic) bond motifs is 1. The summed E-state index contributed by atoms with van der Waals surface area (Å²) in [5.41, 5.74) is 0.397. The lowest BCUT2D eigenvalue weighted by atomic mass is 9.77. The van der Waals surface area contributed by atoms with Gasteiger partial charge in [0, 0.05) is 0 Å². The molecule has 1 aromatic rings. The molecule has 23 heavy (non-hydrogen) atoms. The van der Waals surface area contributed by atoms with Crippen LogP contribution in [0, 0.1) is 11.8 Å². The topological polar surface area (TPSA) is 55.8 Å². The van der Waals surface area contributed by atoms with Crippen molar-refractivity contribution in [3.8, 4) is 0 Å². The summed E-state index contributed by atoms with van der Waals surface area (Å²) in [7, 11) is 1.36. The molecule has 5 atom stereocenters. The van der Waals surface area contributed by atoms with Crippen molar-refractivity contribution in [2.24, 2.45) is 11.8 Å². The van der Waals surface area contributed by atoms with Gasteiger partial charge in [-0.05, 0) is 12.5 Å². The third-order valence-electron chi connectivity index (χ3n) is 5.35. The standard InChI is InChI=1S/C18H19NO4/c1-11(12-6-4-3-5-7-12)19-10-18-9-8-13(23-18)14(17(21)22-2)15(18)16(19)20/h3-9,11,13-15H,10H2,1-2H3/t11-,13-,14-,15+,18+/m1/s1. The summed E-state index contributed by atoms with van der Waals surface area (Å²) in [6.07, 6.45) is 3.50. The van der Waals surface area contributed by atoms with Crippen LogP contribution in [0.2, 0.25) is 0 Å². The van der Waals surface area contributed by atoms with Gasteiger partial charge in [0.1, 0.15) is 11.5 Å². The largest absolute Gasteiger partial charge is 0.469 e. The Morgan fingerprint density at radius 1 is 1.39 bits per heavy atom. The Morgan fingerprint density at radius 3 is 2.83 bits per heavy atom. The lowest BCUT2D eigenvalue weighted by molar-refractivity contribution is -0.151. The molecule has 0 N–H and O–H groups in total. The first-order valence-electron chi connectivity index (χ1n) is 7.88. The van der Waals surface area contributed by atoms with Gasteiger partial charge in [0.25, 0.3) is 0 Å². The average Bonchev–Trinajstić information content (AvgIpc) is 3.22. The molecule has 5 heteroatoms. The zero-order valence-electron chi connectivity index (χ0n) is 13.1.